The average molecular weight is 743 g/mol. The highest BCUT2D eigenvalue weighted by atomic mass is 32.2. The van der Waals surface area contributed by atoms with E-state index in [2.05, 4.69) is 15.6 Å². The number of ketones is 1. The van der Waals surface area contributed by atoms with Crippen LogP contribution in [0.1, 0.15) is 41.5 Å². The lowest BCUT2D eigenvalue weighted by molar-refractivity contribution is -0.120. The molecular weight excluding hydrogens is 704 g/mol. The van der Waals surface area contributed by atoms with Crippen LogP contribution in [-0.2, 0) is 32.4 Å². The van der Waals surface area contributed by atoms with Gasteiger partial charge >= 0.3 is 6.09 Å². The van der Waals surface area contributed by atoms with Crippen LogP contribution in [0.4, 0.5) is 22.4 Å². The van der Waals surface area contributed by atoms with Gasteiger partial charge in [-0.05, 0) is 90.6 Å². The Morgan fingerprint density at radius 2 is 1.60 bits per heavy atom. The Labute approximate surface area is 299 Å². The SMILES string of the molecule is COC(=O)N[C@H](C(=O)Cc1cncc(F)c1CC[C@H]1CNC[C@H](C)N1S(=O)(=O)c1ccc(OC)cc1)[C@@H](c1ccc(F)cc1)c1cc(F)cc(F)c1. The topological polar surface area (TPSA) is 127 Å². The summed E-state index contributed by atoms with van der Waals surface area (Å²) >= 11 is 0. The number of carbonyl (C=O) groups excluding carboxylic acids is 2. The molecule has 0 aliphatic carbocycles. The fraction of sp³-hybridized carbons (Fsp3) is 0.324. The molecule has 2 N–H and O–H groups in total. The lowest BCUT2D eigenvalue weighted by Gasteiger charge is -2.40. The number of Topliss-reactive ketones (excluding diaryl/α,β-unsaturated/α-hetero) is 1. The number of benzene rings is 3. The van der Waals surface area contributed by atoms with Gasteiger partial charge in [0, 0.05) is 49.8 Å². The molecule has 5 rings (SSSR count). The first kappa shape index (κ1) is 38.4. The molecule has 1 saturated heterocycles. The van der Waals surface area contributed by atoms with Gasteiger partial charge in [-0.25, -0.2) is 30.8 Å². The van der Waals surface area contributed by atoms with Gasteiger partial charge in [-0.3, -0.25) is 9.78 Å². The van der Waals surface area contributed by atoms with Crippen LogP contribution < -0.4 is 15.4 Å². The summed E-state index contributed by atoms with van der Waals surface area (Å²) in [6.07, 6.45) is 0.941. The van der Waals surface area contributed by atoms with Crippen molar-refractivity contribution in [3.8, 4) is 5.75 Å². The number of methoxy groups -OCH3 is 2. The summed E-state index contributed by atoms with van der Waals surface area (Å²) in [6, 6.07) is 11.0. The maximum atomic E-state index is 15.5. The van der Waals surface area contributed by atoms with E-state index in [1.165, 1.54) is 41.9 Å². The normalized spacial score (nSPS) is 17.6. The molecule has 0 spiro atoms. The van der Waals surface area contributed by atoms with Crippen LogP contribution in [0.25, 0.3) is 0 Å². The molecule has 10 nitrogen and oxygen atoms in total. The molecule has 2 heterocycles. The second-order valence-corrected chi connectivity index (χ2v) is 14.3. The maximum Gasteiger partial charge on any atom is 0.407 e. The predicted molar refractivity (Wildman–Crippen MR) is 183 cm³/mol. The van der Waals surface area contributed by atoms with Crippen molar-refractivity contribution in [1.29, 1.82) is 0 Å². The largest absolute Gasteiger partial charge is 0.497 e. The fourth-order valence-corrected chi connectivity index (χ4v) is 8.46. The van der Waals surface area contributed by atoms with Crippen LogP contribution >= 0.6 is 0 Å². The monoisotopic (exact) mass is 742 g/mol. The molecule has 1 aliphatic heterocycles. The molecular formula is C37H38F4N4O6S. The number of alkyl carbamates (subject to hydrolysis) is 1. The highest BCUT2D eigenvalue weighted by Crippen LogP contribution is 2.32. The van der Waals surface area contributed by atoms with E-state index in [-0.39, 0.29) is 46.5 Å². The molecule has 4 aromatic rings. The number of hydrogen-bond acceptors (Lipinski definition) is 8. The molecule has 1 amide bonds. The summed E-state index contributed by atoms with van der Waals surface area (Å²) in [5.74, 6) is -4.66. The number of pyridine rings is 1. The van der Waals surface area contributed by atoms with Gasteiger partial charge in [-0.2, -0.15) is 4.31 Å². The van der Waals surface area contributed by atoms with Gasteiger partial charge in [0.15, 0.2) is 5.78 Å². The minimum Gasteiger partial charge on any atom is -0.497 e. The molecule has 4 atom stereocenters. The maximum absolute atomic E-state index is 15.5. The van der Waals surface area contributed by atoms with Gasteiger partial charge in [0.2, 0.25) is 10.0 Å². The predicted octanol–water partition coefficient (Wildman–Crippen LogP) is 5.30. The van der Waals surface area contributed by atoms with Crippen molar-refractivity contribution in [3.63, 3.8) is 0 Å². The van der Waals surface area contributed by atoms with E-state index in [4.69, 9.17) is 9.47 Å². The number of amides is 1. The molecule has 0 unspecified atom stereocenters. The number of carbonyl (C=O) groups is 2. The smallest absolute Gasteiger partial charge is 0.407 e. The lowest BCUT2D eigenvalue weighted by Crippen LogP contribution is -2.58. The number of nitrogens with one attached hydrogen (secondary N) is 2. The molecule has 1 aromatic heterocycles. The number of hydrogen-bond donors (Lipinski definition) is 2. The third-order valence-electron chi connectivity index (χ3n) is 9.05. The van der Waals surface area contributed by atoms with E-state index in [1.807, 2.05) is 0 Å². The van der Waals surface area contributed by atoms with E-state index in [9.17, 15) is 31.2 Å². The number of piperazine rings is 1. The van der Waals surface area contributed by atoms with E-state index < -0.39 is 75.6 Å². The third kappa shape index (κ3) is 8.77. The van der Waals surface area contributed by atoms with Gasteiger partial charge in [-0.1, -0.05) is 12.1 Å². The molecule has 0 bridgehead atoms. The van der Waals surface area contributed by atoms with Gasteiger partial charge in [-0.15, -0.1) is 0 Å². The summed E-state index contributed by atoms with van der Waals surface area (Å²) < 4.78 is 97.5. The standard InChI is InChI=1S/C37H38F4N4O6S/c1-22-18-42-20-29(45(22)52(48,49)31-11-9-30(50-2)10-12-31)8-13-32-25(19-43-21-33(32)41)16-34(46)36(44-37(47)51-3)35(23-4-6-26(38)7-5-23)24-14-27(39)17-28(40)15-24/h4-7,9-12,14-15,17,19,21-22,29,35-36,42H,8,13,16,18,20H2,1-3H3,(H,44,47)/t22-,29-,35-,36+/m0/s1. The van der Waals surface area contributed by atoms with E-state index in [0.717, 1.165) is 37.6 Å². The van der Waals surface area contributed by atoms with Crippen LogP contribution in [0.3, 0.4) is 0 Å². The first-order chi connectivity index (χ1) is 24.8. The average Bonchev–Trinajstić information content (AvgIpc) is 3.11. The molecule has 15 heteroatoms. The first-order valence-corrected chi connectivity index (χ1v) is 17.8. The number of ether oxygens (including phenoxy) is 2. The van der Waals surface area contributed by atoms with Crippen LogP contribution in [0.5, 0.6) is 5.75 Å². The molecule has 3 aromatic carbocycles. The van der Waals surface area contributed by atoms with Crippen molar-refractivity contribution < 1.29 is 45.0 Å². The van der Waals surface area contributed by atoms with Crippen molar-refractivity contribution in [3.05, 3.63) is 125 Å². The van der Waals surface area contributed by atoms with Crippen molar-refractivity contribution in [2.75, 3.05) is 27.3 Å². The molecule has 1 aliphatic rings. The zero-order valence-corrected chi connectivity index (χ0v) is 29.4. The second kappa shape index (κ2) is 16.7. The molecule has 52 heavy (non-hydrogen) atoms. The van der Waals surface area contributed by atoms with E-state index >= 15 is 4.39 Å². The summed E-state index contributed by atoms with van der Waals surface area (Å²) in [4.78, 5) is 30.8. The van der Waals surface area contributed by atoms with Gasteiger partial charge in [0.1, 0.15) is 35.1 Å². The lowest BCUT2D eigenvalue weighted by atomic mass is 9.81. The Balaban J connectivity index is 1.46. The van der Waals surface area contributed by atoms with Crippen LogP contribution in [0.15, 0.2) is 84.0 Å². The second-order valence-electron chi connectivity index (χ2n) is 12.5. The molecule has 276 valence electrons. The Bertz CT molecular complexity index is 1980. The van der Waals surface area contributed by atoms with Crippen molar-refractivity contribution >= 4 is 21.9 Å². The Morgan fingerprint density at radius 1 is 0.923 bits per heavy atom. The van der Waals surface area contributed by atoms with Crippen LogP contribution in [0, 0.1) is 23.3 Å². The fourth-order valence-electron chi connectivity index (χ4n) is 6.61. The molecule has 0 radical (unpaired) electrons. The third-order valence-corrected chi connectivity index (χ3v) is 11.1. The number of nitrogens with zero attached hydrogens (tertiary/aromatic N) is 2. The minimum absolute atomic E-state index is 0.0102. The summed E-state index contributed by atoms with van der Waals surface area (Å²) in [7, 11) is -1.43. The van der Waals surface area contributed by atoms with Crippen molar-refractivity contribution in [1.82, 2.24) is 19.9 Å². The minimum atomic E-state index is -3.98. The van der Waals surface area contributed by atoms with E-state index in [1.54, 1.807) is 19.1 Å². The van der Waals surface area contributed by atoms with Gasteiger partial charge in [0.25, 0.3) is 0 Å². The van der Waals surface area contributed by atoms with Crippen LogP contribution in [0.2, 0.25) is 0 Å². The zero-order valence-electron chi connectivity index (χ0n) is 28.6. The highest BCUT2D eigenvalue weighted by Gasteiger charge is 2.38. The number of halogens is 4. The molecule has 0 saturated carbocycles. The Hall–Kier alpha value is -4.86. The Morgan fingerprint density at radius 3 is 2.23 bits per heavy atom. The first-order valence-electron chi connectivity index (χ1n) is 16.4. The van der Waals surface area contributed by atoms with Crippen molar-refractivity contribution in [2.24, 2.45) is 0 Å². The summed E-state index contributed by atoms with van der Waals surface area (Å²) in [5.41, 5.74) is 0.478. The number of sulfonamides is 1. The van der Waals surface area contributed by atoms with Gasteiger partial charge < -0.3 is 20.1 Å². The van der Waals surface area contributed by atoms with Crippen molar-refractivity contribution in [2.45, 2.75) is 55.1 Å². The van der Waals surface area contributed by atoms with Crippen LogP contribution in [-0.4, -0.2) is 75.0 Å². The Kier molecular flexibility index (Phi) is 12.3. The quantitative estimate of drug-likeness (QED) is 0.177. The highest BCUT2D eigenvalue weighted by molar-refractivity contribution is 7.89. The number of rotatable bonds is 13. The van der Waals surface area contributed by atoms with E-state index in [0.29, 0.717) is 18.4 Å². The summed E-state index contributed by atoms with van der Waals surface area (Å²) in [5, 5.41) is 5.68. The molecule has 1 fully saturated rings. The number of aromatic nitrogens is 1. The zero-order chi connectivity index (χ0) is 37.6. The summed E-state index contributed by atoms with van der Waals surface area (Å²) in [6.45, 7) is 2.46. The van der Waals surface area contributed by atoms with Gasteiger partial charge in [0.05, 0.1) is 25.3 Å².